The fourth-order valence-electron chi connectivity index (χ4n) is 1.20. The summed E-state index contributed by atoms with van der Waals surface area (Å²) in [6, 6.07) is 0. The van der Waals surface area contributed by atoms with Crippen molar-refractivity contribution in [1.29, 1.82) is 0 Å². The summed E-state index contributed by atoms with van der Waals surface area (Å²) in [4.78, 5) is 2.27. The lowest BCUT2D eigenvalue weighted by atomic mass is 10.2. The lowest BCUT2D eigenvalue weighted by Crippen LogP contribution is -2.17. The van der Waals surface area contributed by atoms with E-state index in [1.54, 1.807) is 0 Å². The van der Waals surface area contributed by atoms with E-state index in [0.29, 0.717) is 0 Å². The Kier molecular flexibility index (Phi) is 6.93. The molecule has 0 aromatic rings. The summed E-state index contributed by atoms with van der Waals surface area (Å²) >= 11 is 0. The van der Waals surface area contributed by atoms with E-state index in [1.807, 2.05) is 0 Å². The highest BCUT2D eigenvalue weighted by Crippen LogP contribution is 2.06. The highest BCUT2D eigenvalue weighted by atomic mass is 15.1. The molecule has 0 N–H and O–H groups in total. The van der Waals surface area contributed by atoms with Crippen molar-refractivity contribution < 1.29 is 0 Å². The predicted octanol–water partition coefficient (Wildman–Crippen LogP) is 3.42. The molecule has 0 aliphatic heterocycles. The molecule has 12 heavy (non-hydrogen) atoms. The van der Waals surface area contributed by atoms with Gasteiger partial charge in [0.2, 0.25) is 0 Å². The number of rotatable bonds is 7. The van der Waals surface area contributed by atoms with Crippen LogP contribution in [0.4, 0.5) is 0 Å². The van der Waals surface area contributed by atoms with Gasteiger partial charge in [0.05, 0.1) is 0 Å². The molecule has 0 unspecified atom stereocenters. The van der Waals surface area contributed by atoms with Gasteiger partial charge in [-0.3, -0.25) is 0 Å². The van der Waals surface area contributed by atoms with E-state index in [4.69, 9.17) is 0 Å². The lowest BCUT2D eigenvalue weighted by molar-refractivity contribution is 0.390. The van der Waals surface area contributed by atoms with E-state index in [1.165, 1.54) is 37.9 Å². The Hall–Kier alpha value is -0.460. The van der Waals surface area contributed by atoms with Gasteiger partial charge in [0.15, 0.2) is 0 Å². The monoisotopic (exact) mass is 169 g/mol. The molecule has 1 heteroatoms. The molecule has 0 aliphatic carbocycles. The van der Waals surface area contributed by atoms with Crippen molar-refractivity contribution in [2.75, 3.05) is 13.6 Å². The van der Waals surface area contributed by atoms with Crippen molar-refractivity contribution in [3.05, 3.63) is 12.3 Å². The van der Waals surface area contributed by atoms with Gasteiger partial charge >= 0.3 is 0 Å². The third kappa shape index (κ3) is 5.22. The van der Waals surface area contributed by atoms with Gasteiger partial charge in [-0.05, 0) is 12.8 Å². The number of nitrogens with zero attached hydrogens (tertiary/aromatic N) is 1. The van der Waals surface area contributed by atoms with E-state index in [9.17, 15) is 0 Å². The van der Waals surface area contributed by atoms with Crippen LogP contribution in [0.1, 0.15) is 46.0 Å². The minimum Gasteiger partial charge on any atom is -0.378 e. The summed E-state index contributed by atoms with van der Waals surface area (Å²) in [5, 5.41) is 0. The number of unbranched alkanes of at least 4 members (excludes halogenated alkanes) is 3. The molecule has 0 radical (unpaired) electrons. The van der Waals surface area contributed by atoms with Gasteiger partial charge in [0.1, 0.15) is 0 Å². The fraction of sp³-hybridized carbons (Fsp3) is 0.818. The molecule has 0 saturated heterocycles. The summed E-state index contributed by atoms with van der Waals surface area (Å²) in [6.07, 6.45) is 6.43. The summed E-state index contributed by atoms with van der Waals surface area (Å²) in [6.45, 7) is 9.57. The van der Waals surface area contributed by atoms with E-state index in [0.717, 1.165) is 6.42 Å². The van der Waals surface area contributed by atoms with Crippen LogP contribution in [0.2, 0.25) is 0 Å². The highest BCUT2D eigenvalue weighted by molar-refractivity contribution is 4.90. The third-order valence-corrected chi connectivity index (χ3v) is 2.30. The average Bonchev–Trinajstić information content (AvgIpc) is 2.10. The maximum atomic E-state index is 4.00. The van der Waals surface area contributed by atoms with Crippen LogP contribution in [0.5, 0.6) is 0 Å². The van der Waals surface area contributed by atoms with Gasteiger partial charge < -0.3 is 4.90 Å². The van der Waals surface area contributed by atoms with Crippen LogP contribution in [-0.4, -0.2) is 18.5 Å². The molecule has 0 fully saturated rings. The van der Waals surface area contributed by atoms with E-state index in [2.05, 4.69) is 32.4 Å². The lowest BCUT2D eigenvalue weighted by Gasteiger charge is -2.20. The maximum absolute atomic E-state index is 4.00. The largest absolute Gasteiger partial charge is 0.378 e. The van der Waals surface area contributed by atoms with Gasteiger partial charge in [0.25, 0.3) is 0 Å². The van der Waals surface area contributed by atoms with E-state index < -0.39 is 0 Å². The van der Waals surface area contributed by atoms with Crippen LogP contribution < -0.4 is 0 Å². The average molecular weight is 169 g/mol. The van der Waals surface area contributed by atoms with Gasteiger partial charge in [-0.15, -0.1) is 0 Å². The molecule has 0 aliphatic rings. The zero-order chi connectivity index (χ0) is 9.40. The minimum atomic E-state index is 1.07. The molecule has 0 aromatic heterocycles. The molecule has 0 amide bonds. The molecule has 72 valence electrons. The minimum absolute atomic E-state index is 1.07. The Labute approximate surface area is 77.5 Å². The van der Waals surface area contributed by atoms with Crippen molar-refractivity contribution in [3.63, 3.8) is 0 Å². The van der Waals surface area contributed by atoms with Gasteiger partial charge in [-0.1, -0.05) is 39.7 Å². The Balaban J connectivity index is 3.31. The van der Waals surface area contributed by atoms with E-state index in [-0.39, 0.29) is 0 Å². The van der Waals surface area contributed by atoms with Gasteiger partial charge in [-0.2, -0.15) is 0 Å². The molecule has 0 heterocycles. The van der Waals surface area contributed by atoms with Gasteiger partial charge in [0, 0.05) is 19.3 Å². The first-order chi connectivity index (χ1) is 5.72. The number of hydrogen-bond donors (Lipinski definition) is 0. The third-order valence-electron chi connectivity index (χ3n) is 2.30. The maximum Gasteiger partial charge on any atom is 0.0171 e. The fourth-order valence-corrected chi connectivity index (χ4v) is 1.20. The summed E-state index contributed by atoms with van der Waals surface area (Å²) in [7, 11) is 2.14. The number of hydrogen-bond acceptors (Lipinski definition) is 1. The normalized spacial score (nSPS) is 9.92. The SMILES string of the molecule is C=C(CC)N(C)CCCCCC. The first-order valence-electron chi connectivity index (χ1n) is 5.11. The zero-order valence-corrected chi connectivity index (χ0v) is 8.90. The second-order valence-corrected chi connectivity index (χ2v) is 3.40. The Bertz CT molecular complexity index is 118. The Morgan fingerprint density at radius 3 is 2.33 bits per heavy atom. The zero-order valence-electron chi connectivity index (χ0n) is 8.90. The summed E-state index contributed by atoms with van der Waals surface area (Å²) in [5.41, 5.74) is 1.26. The second-order valence-electron chi connectivity index (χ2n) is 3.40. The molecule has 0 rings (SSSR count). The molecule has 0 aromatic carbocycles. The number of allylic oxidation sites excluding steroid dienone is 1. The predicted molar refractivity (Wildman–Crippen MR) is 56.2 cm³/mol. The van der Waals surface area contributed by atoms with Crippen LogP contribution in [0.15, 0.2) is 12.3 Å². The molecule has 0 bridgehead atoms. The Morgan fingerprint density at radius 2 is 1.83 bits per heavy atom. The molecular formula is C11H23N. The molecule has 0 spiro atoms. The molecular weight excluding hydrogens is 146 g/mol. The Morgan fingerprint density at radius 1 is 1.17 bits per heavy atom. The smallest absolute Gasteiger partial charge is 0.0171 e. The topological polar surface area (TPSA) is 3.24 Å². The molecule has 0 saturated carbocycles. The van der Waals surface area contributed by atoms with Crippen molar-refractivity contribution in [2.45, 2.75) is 46.0 Å². The standard InChI is InChI=1S/C11H23N/c1-5-7-8-9-10-12(4)11(3)6-2/h3,5-10H2,1-2,4H3. The summed E-state index contributed by atoms with van der Waals surface area (Å²) in [5.74, 6) is 0. The van der Waals surface area contributed by atoms with Gasteiger partial charge in [-0.25, -0.2) is 0 Å². The highest BCUT2D eigenvalue weighted by Gasteiger charge is 1.97. The second kappa shape index (κ2) is 7.20. The van der Waals surface area contributed by atoms with Crippen molar-refractivity contribution in [1.82, 2.24) is 4.90 Å². The summed E-state index contributed by atoms with van der Waals surface area (Å²) < 4.78 is 0. The van der Waals surface area contributed by atoms with Crippen molar-refractivity contribution in [2.24, 2.45) is 0 Å². The van der Waals surface area contributed by atoms with Crippen LogP contribution in [0.25, 0.3) is 0 Å². The quantitative estimate of drug-likeness (QED) is 0.528. The van der Waals surface area contributed by atoms with Crippen LogP contribution in [-0.2, 0) is 0 Å². The van der Waals surface area contributed by atoms with Crippen LogP contribution in [0, 0.1) is 0 Å². The first-order valence-corrected chi connectivity index (χ1v) is 5.11. The van der Waals surface area contributed by atoms with Crippen LogP contribution in [0.3, 0.4) is 0 Å². The van der Waals surface area contributed by atoms with Crippen molar-refractivity contribution >= 4 is 0 Å². The first kappa shape index (κ1) is 11.5. The van der Waals surface area contributed by atoms with E-state index >= 15 is 0 Å². The molecule has 1 nitrogen and oxygen atoms in total. The van der Waals surface area contributed by atoms with Crippen LogP contribution >= 0.6 is 0 Å². The van der Waals surface area contributed by atoms with Crippen molar-refractivity contribution in [3.8, 4) is 0 Å². The molecule has 0 atom stereocenters.